The predicted molar refractivity (Wildman–Crippen MR) is 582 cm³/mol. The van der Waals surface area contributed by atoms with Gasteiger partial charge in [-0.05, 0) is 182 Å². The average molecular weight is 2090 g/mol. The van der Waals surface area contributed by atoms with Gasteiger partial charge in [-0.25, -0.2) is 43.7 Å². The highest BCUT2D eigenvalue weighted by Gasteiger charge is 2.48. The third-order valence-electron chi connectivity index (χ3n) is 27.8. The second-order valence-electron chi connectivity index (χ2n) is 45.0. The molecule has 15 aromatic rings. The molecule has 0 bridgehead atoms. The third-order valence-corrected chi connectivity index (χ3v) is 28.6. The normalized spacial score (nSPS) is 16.2. The first-order chi connectivity index (χ1) is 70.5. The topological polar surface area (TPSA) is 352 Å². The van der Waals surface area contributed by atoms with Crippen molar-refractivity contribution in [3.05, 3.63) is 278 Å². The number of nitrogens with one attached hydrogen (secondary N) is 3. The number of hydrogen-bond acceptors (Lipinski definition) is 23. The lowest BCUT2D eigenvalue weighted by Gasteiger charge is -2.47. The number of carbonyl (C=O) groups is 5. The molecule has 0 saturated carbocycles. The Labute approximate surface area is 884 Å². The van der Waals surface area contributed by atoms with E-state index in [4.69, 9.17) is 72.4 Å². The van der Waals surface area contributed by atoms with Crippen LogP contribution >= 0.6 is 34.8 Å². The number of pyridine rings is 4. The van der Waals surface area contributed by atoms with Crippen molar-refractivity contribution in [3.63, 3.8) is 0 Å². The highest BCUT2D eigenvalue weighted by atomic mass is 35.5. The average Bonchev–Trinajstić information content (AvgIpc) is 1.61. The second-order valence-corrected chi connectivity index (χ2v) is 46.3. The zero-order valence-electron chi connectivity index (χ0n) is 88.7. The Balaban J connectivity index is 0.000000136. The van der Waals surface area contributed by atoms with E-state index in [9.17, 15) is 32.8 Å². The van der Waals surface area contributed by atoms with E-state index in [-0.39, 0.29) is 85.1 Å². The standard InChI is InChI=1S/2C29H33ClN6O2.C28H30ClFN6O2.C28H29FN4O3/c2*1-17(26-31-18(2)33-34-26)35-12-13-36(29(6,7)16-35)27(37)24-15-23-25(38-24)21(28(3,4)5)14-22(32-23)19-8-10-20(30)11-9-19;1-16(25-31-15-32-34-25)35-9-10-36(28(5,6)14-35)26(37)23-13-22-24(38-23)18(27(2,3)4)12-21(33-22)17-7-8-19(29)20(30)11-17;1-27(2,3)20-14-21(17-6-8-18(29)9-7-17)31-22-15-23(36-24(20)22)25(34)33-13-12-32(19-10-11-30-16-19)26(35)28(33,4)5/h2*8-11,14-15H,1,12-13,16H2,2-7H3,(H,31,33,34);7-8,11-13,15H,1,9-10,14H2,2-6H3,(H,31,32,34);6-10,14-16H,11-13H2,1-5H3. The lowest BCUT2D eigenvalue weighted by molar-refractivity contribution is -0.143. The summed E-state index contributed by atoms with van der Waals surface area (Å²) < 4.78 is 52.5. The van der Waals surface area contributed by atoms with Gasteiger partial charge in [-0.15, -0.1) is 0 Å². The van der Waals surface area contributed by atoms with Crippen molar-refractivity contribution in [2.45, 2.75) is 196 Å². The van der Waals surface area contributed by atoms with E-state index in [0.717, 1.165) is 84.8 Å². The first-order valence-electron chi connectivity index (χ1n) is 49.8. The van der Waals surface area contributed by atoms with Gasteiger partial charge in [-0.2, -0.15) is 15.3 Å². The smallest absolute Gasteiger partial charge is 0.290 e. The van der Waals surface area contributed by atoms with E-state index < -0.39 is 28.0 Å². The molecule has 31 nitrogen and oxygen atoms in total. The van der Waals surface area contributed by atoms with Gasteiger partial charge >= 0.3 is 0 Å². The molecule has 11 aromatic heterocycles. The van der Waals surface area contributed by atoms with E-state index in [2.05, 4.69) is 168 Å². The van der Waals surface area contributed by atoms with Gasteiger partial charge in [0.1, 0.15) is 57.2 Å². The molecule has 780 valence electrons. The molecule has 4 fully saturated rings. The number of nitrogens with zero attached hydrogens (tertiary/aromatic N) is 19. The summed E-state index contributed by atoms with van der Waals surface area (Å²) in [6, 6.07) is 40.7. The molecule has 150 heavy (non-hydrogen) atoms. The maximum atomic E-state index is 14.2. The number of piperazine rings is 4. The molecule has 16 heterocycles. The monoisotopic (exact) mass is 2090 g/mol. The molecule has 0 aliphatic carbocycles. The van der Waals surface area contributed by atoms with Crippen molar-refractivity contribution >= 4 is 132 Å². The molecule has 4 saturated heterocycles. The number of H-pyrrole nitrogens is 3. The van der Waals surface area contributed by atoms with Crippen molar-refractivity contribution in [2.75, 3.05) is 78.5 Å². The SMILES string of the molecule is C=C(c1n[nH]c(C)n1)N1CCN(C(=O)c2cc3nc(-c4ccc(Cl)cc4)cc(C(C)(C)C)c3o2)C(C)(C)C1.C=C(c1n[nH]c(C)n1)N1CCN(C(=O)c2cc3nc(-c4ccc(Cl)cc4)cc(C(C)(C)C)c3o2)C(C)(C)C1.C=C(c1ncn[nH]1)N1CCN(C(=O)c2cc3nc(-c4ccc(Cl)c(F)c4)cc(C(C)(C)C)c3o2)C(C)(C)C1.CC(C)(C)c1cc(-c2ccc(F)cc2)nc2cc(C(=O)N3CCN(C4=CCN=C4)C(=O)C3(C)C)oc12. The van der Waals surface area contributed by atoms with Crippen LogP contribution in [0.3, 0.4) is 0 Å². The van der Waals surface area contributed by atoms with Crippen LogP contribution in [0, 0.1) is 25.5 Å². The van der Waals surface area contributed by atoms with Crippen LogP contribution in [0.25, 0.3) is 107 Å². The number of fused-ring (bicyclic) bond motifs is 4. The number of allylic oxidation sites excluding steroid dienone is 1. The molecular weight excluding hydrogens is 1970 g/mol. The molecule has 5 amide bonds. The number of aryl methyl sites for hydroxylation is 2. The highest BCUT2D eigenvalue weighted by Crippen LogP contribution is 2.44. The van der Waals surface area contributed by atoms with Crippen molar-refractivity contribution in [3.8, 4) is 45.0 Å². The number of rotatable bonds is 15. The summed E-state index contributed by atoms with van der Waals surface area (Å²) in [6.07, 6.45) is 5.05. The number of aromatic amines is 3. The number of carbonyl (C=O) groups excluding carboxylic acids is 5. The van der Waals surface area contributed by atoms with Crippen molar-refractivity contribution < 1.29 is 50.4 Å². The van der Waals surface area contributed by atoms with Crippen LogP contribution in [0.4, 0.5) is 8.78 Å². The minimum Gasteiger partial charge on any atom is -0.449 e. The number of aromatic nitrogens is 13. The summed E-state index contributed by atoms with van der Waals surface area (Å²) in [7, 11) is 0. The Bertz CT molecular complexity index is 7620. The summed E-state index contributed by atoms with van der Waals surface area (Å²) >= 11 is 18.1. The molecule has 0 spiro atoms. The minimum absolute atomic E-state index is 0.0502. The maximum absolute atomic E-state index is 14.2. The first-order valence-corrected chi connectivity index (χ1v) is 50.9. The van der Waals surface area contributed by atoms with Crippen LogP contribution in [-0.2, 0) is 26.5 Å². The van der Waals surface area contributed by atoms with E-state index >= 15 is 0 Å². The van der Waals surface area contributed by atoms with Gasteiger partial charge in [-0.3, -0.25) is 44.3 Å². The lowest BCUT2D eigenvalue weighted by Crippen LogP contribution is -2.64. The zero-order valence-corrected chi connectivity index (χ0v) is 90.9. The number of benzene rings is 4. The minimum atomic E-state index is -1.06. The van der Waals surface area contributed by atoms with Crippen LogP contribution in [0.2, 0.25) is 15.1 Å². The number of furan rings is 4. The molecule has 5 aliphatic rings. The van der Waals surface area contributed by atoms with E-state index in [0.29, 0.717) is 167 Å². The number of aliphatic imine (C=N–C) groups is 1. The Kier molecular flexibility index (Phi) is 28.8. The van der Waals surface area contributed by atoms with Crippen LogP contribution in [0.5, 0.6) is 0 Å². The lowest BCUT2D eigenvalue weighted by atomic mass is 9.86. The van der Waals surface area contributed by atoms with Crippen molar-refractivity contribution in [2.24, 2.45) is 4.99 Å². The fraction of sp³-hybridized carbons (Fsp3) is 0.368. The van der Waals surface area contributed by atoms with Gasteiger partial charge in [0.05, 0.1) is 73.7 Å². The second kappa shape index (κ2) is 40.6. The van der Waals surface area contributed by atoms with Crippen LogP contribution < -0.4 is 0 Å². The molecule has 5 aliphatic heterocycles. The summed E-state index contributed by atoms with van der Waals surface area (Å²) in [5, 5.41) is 22.3. The van der Waals surface area contributed by atoms with E-state index in [1.165, 1.54) is 30.6 Å². The molecule has 3 N–H and O–H groups in total. The highest BCUT2D eigenvalue weighted by molar-refractivity contribution is 6.31. The fourth-order valence-electron chi connectivity index (χ4n) is 19.5. The molecule has 36 heteroatoms. The largest absolute Gasteiger partial charge is 0.449 e. The summed E-state index contributed by atoms with van der Waals surface area (Å²) in [5.41, 5.74) is 14.1. The van der Waals surface area contributed by atoms with Gasteiger partial charge in [-0.1, -0.05) is 168 Å². The molecule has 0 unspecified atom stereocenters. The molecule has 20 rings (SSSR count). The van der Waals surface area contributed by atoms with Crippen molar-refractivity contribution in [1.82, 2.24) is 105 Å². The van der Waals surface area contributed by atoms with Gasteiger partial charge in [0.2, 0.25) is 0 Å². The van der Waals surface area contributed by atoms with Gasteiger partial charge in [0, 0.05) is 157 Å². The first kappa shape index (κ1) is 106. The molecular formula is C114H125Cl3F2N22O9. The summed E-state index contributed by atoms with van der Waals surface area (Å²) in [5.74, 6) is 2.29. The quantitative estimate of drug-likeness (QED) is 0.0858. The van der Waals surface area contributed by atoms with E-state index in [1.54, 1.807) is 72.3 Å². The molecule has 4 aromatic carbocycles. The molecule has 0 atom stereocenters. The van der Waals surface area contributed by atoms with Crippen LogP contribution in [0.1, 0.15) is 232 Å². The Morgan fingerprint density at radius 3 is 1.05 bits per heavy atom. The number of amides is 5. The van der Waals surface area contributed by atoms with E-state index in [1.807, 2.05) is 149 Å². The van der Waals surface area contributed by atoms with Crippen LogP contribution in [-0.4, -0.2) is 241 Å². The number of halogens is 5. The Morgan fingerprint density at radius 1 is 0.407 bits per heavy atom. The Hall–Kier alpha value is -14.8. The van der Waals surface area contributed by atoms with Crippen LogP contribution in [0.15, 0.2) is 200 Å². The van der Waals surface area contributed by atoms with Gasteiger partial charge in [0.25, 0.3) is 29.5 Å². The van der Waals surface area contributed by atoms with Gasteiger partial charge in [0.15, 0.2) is 62.8 Å². The van der Waals surface area contributed by atoms with Gasteiger partial charge < -0.3 is 56.9 Å². The zero-order chi connectivity index (χ0) is 108. The Morgan fingerprint density at radius 2 is 0.740 bits per heavy atom. The fourth-order valence-corrected chi connectivity index (χ4v) is 19.9. The maximum Gasteiger partial charge on any atom is 0.290 e. The summed E-state index contributed by atoms with van der Waals surface area (Å²) in [4.78, 5) is 120. The third kappa shape index (κ3) is 22.0. The number of hydrogen-bond donors (Lipinski definition) is 3. The summed E-state index contributed by atoms with van der Waals surface area (Å²) in [6.45, 7) is 63.5. The predicted octanol–water partition coefficient (Wildman–Crippen LogP) is 23.0. The molecule has 0 radical (unpaired) electrons. The van der Waals surface area contributed by atoms with Crippen molar-refractivity contribution in [1.29, 1.82) is 0 Å².